The number of nitrogens with zero attached hydrogens (tertiary/aromatic N) is 3. The molecule has 0 fully saturated rings. The lowest BCUT2D eigenvalue weighted by Crippen LogP contribution is -2.50. The SMILES string of the molecule is C[Si]1(C)c2ccccc2-c2nc(-c3ccccc3)nc(-c3cccc(-n4c5ccccc5c5c6sc7ccccc7c6ccc54)c3)c21. The molecule has 1 aliphatic rings. The highest BCUT2D eigenvalue weighted by Crippen LogP contribution is 2.43. The third kappa shape index (κ3) is 3.78. The lowest BCUT2D eigenvalue weighted by molar-refractivity contribution is 1.17. The Labute approximate surface area is 277 Å². The Balaban J connectivity index is 1.25. The second kappa shape index (κ2) is 9.82. The molecule has 0 N–H and O–H groups in total. The zero-order valence-corrected chi connectivity index (χ0v) is 27.8. The average molecular weight is 636 g/mol. The van der Waals surface area contributed by atoms with Crippen molar-refractivity contribution in [3.8, 4) is 39.6 Å². The first-order valence-corrected chi connectivity index (χ1v) is 19.9. The van der Waals surface area contributed by atoms with Crippen LogP contribution >= 0.6 is 11.3 Å². The third-order valence-electron chi connectivity index (χ3n) is 9.98. The van der Waals surface area contributed by atoms with E-state index in [1.807, 2.05) is 17.4 Å². The first-order valence-electron chi connectivity index (χ1n) is 16.1. The molecule has 0 amide bonds. The number of rotatable bonds is 3. The van der Waals surface area contributed by atoms with Crippen molar-refractivity contribution in [1.29, 1.82) is 0 Å². The summed E-state index contributed by atoms with van der Waals surface area (Å²) in [6.45, 7) is 4.89. The minimum Gasteiger partial charge on any atom is -0.309 e. The molecule has 0 saturated carbocycles. The summed E-state index contributed by atoms with van der Waals surface area (Å²) < 4.78 is 5.12. The van der Waals surface area contributed by atoms with Gasteiger partial charge in [-0.05, 0) is 46.3 Å². The zero-order chi connectivity index (χ0) is 31.3. The molecule has 9 aromatic rings. The van der Waals surface area contributed by atoms with Gasteiger partial charge in [-0.25, -0.2) is 9.97 Å². The van der Waals surface area contributed by atoms with E-state index in [1.165, 1.54) is 57.9 Å². The van der Waals surface area contributed by atoms with E-state index in [2.05, 4.69) is 151 Å². The lowest BCUT2D eigenvalue weighted by atomic mass is 10.1. The highest BCUT2D eigenvalue weighted by Gasteiger charge is 2.41. The van der Waals surface area contributed by atoms with Crippen LogP contribution in [0.2, 0.25) is 13.1 Å². The number of aromatic nitrogens is 3. The summed E-state index contributed by atoms with van der Waals surface area (Å²) >= 11 is 1.90. The van der Waals surface area contributed by atoms with Gasteiger partial charge in [-0.1, -0.05) is 122 Å². The molecule has 6 aromatic carbocycles. The van der Waals surface area contributed by atoms with Crippen molar-refractivity contribution in [3.05, 3.63) is 140 Å². The molecule has 0 atom stereocenters. The number of fused-ring (bicyclic) bond motifs is 10. The standard InChI is InChI=1S/C42H29N3SSi/c1-47(2)36-22-11-8-19-32(36)39-41(47)38(43-42(44-39)26-13-4-3-5-14-26)27-15-12-16-28(25-27)45-33-20-9-6-18-31(33)37-34(45)24-23-30-29-17-7-10-21-35(29)46-40(30)37/h3-25H,1-2H3. The van der Waals surface area contributed by atoms with Gasteiger partial charge in [-0.3, -0.25) is 0 Å². The molecular formula is C42H29N3SSi. The number of thiophene rings is 1. The van der Waals surface area contributed by atoms with Crippen LogP contribution in [0, 0.1) is 0 Å². The largest absolute Gasteiger partial charge is 0.309 e. The summed E-state index contributed by atoms with van der Waals surface area (Å²) in [4.78, 5) is 10.7. The number of hydrogen-bond acceptors (Lipinski definition) is 3. The van der Waals surface area contributed by atoms with E-state index >= 15 is 0 Å². The summed E-state index contributed by atoms with van der Waals surface area (Å²) in [5, 5.41) is 8.01. The molecule has 10 rings (SSSR count). The lowest BCUT2D eigenvalue weighted by Gasteiger charge is -2.22. The summed E-state index contributed by atoms with van der Waals surface area (Å²) in [6.07, 6.45) is 0. The molecule has 47 heavy (non-hydrogen) atoms. The van der Waals surface area contributed by atoms with Crippen LogP contribution in [0.5, 0.6) is 0 Å². The van der Waals surface area contributed by atoms with Gasteiger partial charge < -0.3 is 4.57 Å². The Morgan fingerprint density at radius 2 is 1.30 bits per heavy atom. The Morgan fingerprint density at radius 1 is 0.574 bits per heavy atom. The normalized spacial score (nSPS) is 13.5. The van der Waals surface area contributed by atoms with Crippen LogP contribution in [0.1, 0.15) is 0 Å². The van der Waals surface area contributed by atoms with Gasteiger partial charge in [0.25, 0.3) is 0 Å². The minimum atomic E-state index is -2.08. The van der Waals surface area contributed by atoms with E-state index in [-0.39, 0.29) is 0 Å². The van der Waals surface area contributed by atoms with E-state index in [1.54, 1.807) is 0 Å². The molecule has 0 aliphatic carbocycles. The van der Waals surface area contributed by atoms with Crippen LogP contribution in [-0.4, -0.2) is 22.6 Å². The van der Waals surface area contributed by atoms with Gasteiger partial charge in [0.1, 0.15) is 8.07 Å². The van der Waals surface area contributed by atoms with E-state index in [9.17, 15) is 0 Å². The van der Waals surface area contributed by atoms with Crippen LogP contribution in [0.15, 0.2) is 140 Å². The second-order valence-electron chi connectivity index (χ2n) is 13.0. The van der Waals surface area contributed by atoms with Crippen molar-refractivity contribution in [2.24, 2.45) is 0 Å². The van der Waals surface area contributed by atoms with E-state index in [0.717, 1.165) is 34.0 Å². The number of para-hydroxylation sites is 1. The molecule has 3 aromatic heterocycles. The fourth-order valence-corrected chi connectivity index (χ4v) is 12.3. The van der Waals surface area contributed by atoms with Gasteiger partial charge >= 0.3 is 0 Å². The molecule has 0 saturated heterocycles. The quantitative estimate of drug-likeness (QED) is 0.181. The van der Waals surface area contributed by atoms with Gasteiger partial charge in [-0.2, -0.15) is 0 Å². The van der Waals surface area contributed by atoms with Crippen LogP contribution in [0.3, 0.4) is 0 Å². The maximum atomic E-state index is 5.39. The molecule has 222 valence electrons. The summed E-state index contributed by atoms with van der Waals surface area (Å²) in [6, 6.07) is 50.5. The van der Waals surface area contributed by atoms with E-state index < -0.39 is 8.07 Å². The molecule has 4 heterocycles. The van der Waals surface area contributed by atoms with Crippen LogP contribution < -0.4 is 10.4 Å². The number of benzene rings is 6. The molecule has 0 spiro atoms. The van der Waals surface area contributed by atoms with Crippen molar-refractivity contribution >= 4 is 71.8 Å². The van der Waals surface area contributed by atoms with Crippen molar-refractivity contribution in [2.45, 2.75) is 13.1 Å². The maximum absolute atomic E-state index is 5.39. The summed E-state index contributed by atoms with van der Waals surface area (Å²) in [5.41, 5.74) is 9.13. The molecular weight excluding hydrogens is 607 g/mol. The van der Waals surface area contributed by atoms with Crippen molar-refractivity contribution in [3.63, 3.8) is 0 Å². The molecule has 0 unspecified atom stereocenters. The topological polar surface area (TPSA) is 30.7 Å². The predicted octanol–water partition coefficient (Wildman–Crippen LogP) is 10.1. The Morgan fingerprint density at radius 3 is 2.19 bits per heavy atom. The third-order valence-corrected chi connectivity index (χ3v) is 14.7. The fourth-order valence-electron chi connectivity index (χ4n) is 7.85. The average Bonchev–Trinajstić information content (AvgIpc) is 3.74. The molecule has 0 radical (unpaired) electrons. The maximum Gasteiger partial charge on any atom is 0.160 e. The summed E-state index contributed by atoms with van der Waals surface area (Å²) in [5.74, 6) is 0.773. The first-order chi connectivity index (χ1) is 23.1. The Kier molecular flexibility index (Phi) is 5.60. The molecule has 5 heteroatoms. The molecule has 3 nitrogen and oxygen atoms in total. The summed E-state index contributed by atoms with van der Waals surface area (Å²) in [7, 11) is -2.08. The molecule has 1 aliphatic heterocycles. The monoisotopic (exact) mass is 635 g/mol. The highest BCUT2D eigenvalue weighted by atomic mass is 32.1. The molecule has 0 bridgehead atoms. The van der Waals surface area contributed by atoms with Gasteiger partial charge in [-0.15, -0.1) is 11.3 Å². The van der Waals surface area contributed by atoms with E-state index in [0.29, 0.717) is 0 Å². The van der Waals surface area contributed by atoms with Crippen LogP contribution in [-0.2, 0) is 0 Å². The van der Waals surface area contributed by atoms with Gasteiger partial charge in [0, 0.05) is 47.8 Å². The predicted molar refractivity (Wildman–Crippen MR) is 202 cm³/mol. The van der Waals surface area contributed by atoms with Crippen molar-refractivity contribution in [2.75, 3.05) is 0 Å². The minimum absolute atomic E-state index is 0.773. The smallest absolute Gasteiger partial charge is 0.160 e. The first kappa shape index (κ1) is 26.8. The van der Waals surface area contributed by atoms with Crippen LogP contribution in [0.4, 0.5) is 0 Å². The van der Waals surface area contributed by atoms with E-state index in [4.69, 9.17) is 9.97 Å². The highest BCUT2D eigenvalue weighted by molar-refractivity contribution is 7.26. The Hall–Kier alpha value is -5.36. The van der Waals surface area contributed by atoms with Gasteiger partial charge in [0.15, 0.2) is 5.82 Å². The van der Waals surface area contributed by atoms with Crippen molar-refractivity contribution < 1.29 is 0 Å². The van der Waals surface area contributed by atoms with Crippen molar-refractivity contribution in [1.82, 2.24) is 14.5 Å². The number of hydrogen-bond donors (Lipinski definition) is 0. The zero-order valence-electron chi connectivity index (χ0n) is 26.0. The van der Waals surface area contributed by atoms with Crippen LogP contribution in [0.25, 0.3) is 81.6 Å². The Bertz CT molecular complexity index is 2720. The fraction of sp³-hybridized carbons (Fsp3) is 0.0476. The van der Waals surface area contributed by atoms with Gasteiger partial charge in [0.05, 0.1) is 22.4 Å². The van der Waals surface area contributed by atoms with Gasteiger partial charge in [0.2, 0.25) is 0 Å². The second-order valence-corrected chi connectivity index (χ2v) is 18.3.